The minimum atomic E-state index is -6.60. The average Bonchev–Trinajstić information content (AvgIpc) is 2.87. The second-order valence-corrected chi connectivity index (χ2v) is 14.2. The number of esters is 3. The van der Waals surface area contributed by atoms with E-state index in [2.05, 4.69) is 11.3 Å². The van der Waals surface area contributed by atoms with E-state index >= 15 is 0 Å². The summed E-state index contributed by atoms with van der Waals surface area (Å²) < 4.78 is 121. The molecular weight excluding hydrogens is 738 g/mol. The molecule has 0 heterocycles. The van der Waals surface area contributed by atoms with Gasteiger partial charge in [0.2, 0.25) is 0 Å². The predicted molar refractivity (Wildman–Crippen MR) is 148 cm³/mol. The van der Waals surface area contributed by atoms with Crippen molar-refractivity contribution >= 4 is 50.6 Å². The first-order valence-electron chi connectivity index (χ1n) is 13.3. The molecule has 4 bridgehead atoms. The molecule has 0 spiro atoms. The van der Waals surface area contributed by atoms with E-state index in [0.717, 1.165) is 0 Å². The Labute approximate surface area is 262 Å². The Hall–Kier alpha value is -2.54. The second kappa shape index (κ2) is 12.0. The largest absolute Gasteiger partial charge is 0.489 e. The third-order valence-electron chi connectivity index (χ3n) is 8.01. The minimum Gasteiger partial charge on any atom is -0.489 e. The molecule has 10 nitrogen and oxygen atoms in total. The molecule has 44 heavy (non-hydrogen) atoms. The molecule has 3 unspecified atom stereocenters. The Kier molecular flexibility index (Phi) is 9.36. The van der Waals surface area contributed by atoms with E-state index in [0.29, 0.717) is 15.7 Å². The molecule has 0 saturated heterocycles. The summed E-state index contributed by atoms with van der Waals surface area (Å²) in [5.41, 5.74) is -2.70. The molecule has 0 aliphatic heterocycles. The van der Waals surface area contributed by atoms with Crippen LogP contribution in [-0.2, 0) is 33.9 Å². The molecule has 3 atom stereocenters. The van der Waals surface area contributed by atoms with Crippen LogP contribution in [0.1, 0.15) is 55.8 Å². The molecule has 5 rings (SSSR count). The standard InChI is InChI=1S/C27H28F5IO10S/c1-14(2)20(34)41-6-5-40-19-4-3-17(8-18(19)33)21(35)43-25-11-15-7-16(12-25)10-24(9-15,13-25)23(36)42-22(26(28,29)30)27(31,32)44(37,38)39/h3-4,8,15-16,22H,1,5-7,9-13H2,2H3,(H,37,38,39). The Morgan fingerprint density at radius 1 is 1.09 bits per heavy atom. The van der Waals surface area contributed by atoms with Crippen molar-refractivity contribution in [3.05, 3.63) is 39.5 Å². The Morgan fingerprint density at radius 3 is 2.23 bits per heavy atom. The van der Waals surface area contributed by atoms with E-state index in [9.17, 15) is 44.8 Å². The van der Waals surface area contributed by atoms with Gasteiger partial charge < -0.3 is 18.9 Å². The van der Waals surface area contributed by atoms with Crippen molar-refractivity contribution in [2.75, 3.05) is 13.2 Å². The van der Waals surface area contributed by atoms with E-state index in [4.69, 9.17) is 18.8 Å². The number of rotatable bonds is 11. The van der Waals surface area contributed by atoms with Gasteiger partial charge in [-0.25, -0.2) is 9.59 Å². The monoisotopic (exact) mass is 766 g/mol. The number of hydrogen-bond acceptors (Lipinski definition) is 9. The predicted octanol–water partition coefficient (Wildman–Crippen LogP) is 5.24. The minimum absolute atomic E-state index is 0.0186. The smallest absolute Gasteiger partial charge is 0.432 e. The lowest BCUT2D eigenvalue weighted by Crippen LogP contribution is -2.61. The maximum absolute atomic E-state index is 14.1. The zero-order chi connectivity index (χ0) is 32.9. The van der Waals surface area contributed by atoms with Crippen molar-refractivity contribution in [1.29, 1.82) is 0 Å². The van der Waals surface area contributed by atoms with Crippen LogP contribution < -0.4 is 4.74 Å². The van der Waals surface area contributed by atoms with Crippen molar-refractivity contribution < 1.29 is 68.3 Å². The van der Waals surface area contributed by atoms with Gasteiger partial charge in [0.1, 0.15) is 24.6 Å². The van der Waals surface area contributed by atoms with E-state index < -0.39 is 56.6 Å². The maximum atomic E-state index is 14.1. The van der Waals surface area contributed by atoms with Gasteiger partial charge in [0.05, 0.1) is 14.5 Å². The number of hydrogen-bond donors (Lipinski definition) is 1. The summed E-state index contributed by atoms with van der Waals surface area (Å²) in [6, 6.07) is 4.37. The number of alkyl halides is 5. The van der Waals surface area contributed by atoms with E-state index in [1.807, 2.05) is 22.6 Å². The normalized spacial score (nSPS) is 26.9. The second-order valence-electron chi connectivity index (χ2n) is 11.6. The molecule has 1 aromatic carbocycles. The van der Waals surface area contributed by atoms with Crippen LogP contribution in [0.2, 0.25) is 0 Å². The summed E-state index contributed by atoms with van der Waals surface area (Å²) in [5, 5.41) is -5.85. The van der Waals surface area contributed by atoms with Gasteiger partial charge in [-0.15, -0.1) is 0 Å². The SMILES string of the molecule is C=C(C)C(=O)OCCOc1ccc(C(=O)OC23CC4CC(C2)CC(C(=O)OC(C(F)(F)F)C(F)(F)S(=O)(=O)O)(C4)C3)cc1I. The van der Waals surface area contributed by atoms with Crippen molar-refractivity contribution in [3.63, 3.8) is 0 Å². The van der Waals surface area contributed by atoms with Crippen LogP contribution >= 0.6 is 22.6 Å². The quantitative estimate of drug-likeness (QED) is 0.0605. The molecule has 4 aliphatic carbocycles. The first-order valence-corrected chi connectivity index (χ1v) is 15.8. The summed E-state index contributed by atoms with van der Waals surface area (Å²) in [5.74, 6) is -3.26. The van der Waals surface area contributed by atoms with Gasteiger partial charge in [-0.2, -0.15) is 30.4 Å². The molecule has 244 valence electrons. The number of carbonyl (C=O) groups excluding carboxylic acids is 3. The van der Waals surface area contributed by atoms with Crippen LogP contribution in [0.3, 0.4) is 0 Å². The van der Waals surface area contributed by atoms with Gasteiger partial charge in [-0.3, -0.25) is 9.35 Å². The highest BCUT2D eigenvalue weighted by molar-refractivity contribution is 14.1. The third-order valence-corrected chi connectivity index (χ3v) is 9.76. The van der Waals surface area contributed by atoms with Crippen LogP contribution in [0, 0.1) is 20.8 Å². The van der Waals surface area contributed by atoms with Crippen molar-refractivity contribution in [3.8, 4) is 5.75 Å². The average molecular weight is 766 g/mol. The summed E-state index contributed by atoms with van der Waals surface area (Å²) >= 11 is 1.91. The van der Waals surface area contributed by atoms with Crippen molar-refractivity contribution in [1.82, 2.24) is 0 Å². The van der Waals surface area contributed by atoms with E-state index in [1.165, 1.54) is 25.1 Å². The number of carbonyl (C=O) groups is 3. The Bertz CT molecular complexity index is 1450. The van der Waals surface area contributed by atoms with Gasteiger partial charge in [0.25, 0.3) is 6.10 Å². The lowest BCUT2D eigenvalue weighted by Gasteiger charge is -2.59. The van der Waals surface area contributed by atoms with Gasteiger partial charge in [0, 0.05) is 12.0 Å². The highest BCUT2D eigenvalue weighted by Crippen LogP contribution is 2.63. The van der Waals surface area contributed by atoms with Crippen LogP contribution in [0.25, 0.3) is 0 Å². The molecule has 0 amide bonds. The summed E-state index contributed by atoms with van der Waals surface area (Å²) in [6.45, 7) is 4.94. The van der Waals surface area contributed by atoms with Crippen LogP contribution in [0.5, 0.6) is 5.75 Å². The number of benzene rings is 1. The highest BCUT2D eigenvalue weighted by Gasteiger charge is 2.69. The molecular formula is C27H28F5IO10S. The first-order chi connectivity index (χ1) is 20.2. The Morgan fingerprint density at radius 2 is 1.70 bits per heavy atom. The molecule has 0 aromatic heterocycles. The fourth-order valence-corrected chi connectivity index (χ4v) is 7.76. The fourth-order valence-electron chi connectivity index (χ4n) is 6.64. The number of ether oxygens (including phenoxy) is 4. The zero-order valence-corrected chi connectivity index (χ0v) is 26.1. The molecule has 4 aliphatic rings. The van der Waals surface area contributed by atoms with Crippen LogP contribution in [0.4, 0.5) is 22.0 Å². The van der Waals surface area contributed by atoms with Crippen molar-refractivity contribution in [2.45, 2.75) is 68.6 Å². The van der Waals surface area contributed by atoms with E-state index in [1.54, 1.807) is 0 Å². The van der Waals surface area contributed by atoms with Gasteiger partial charge in [0.15, 0.2) is 0 Å². The van der Waals surface area contributed by atoms with Crippen LogP contribution in [-0.4, -0.2) is 67.2 Å². The molecule has 4 saturated carbocycles. The molecule has 1 aromatic rings. The molecule has 17 heteroatoms. The van der Waals surface area contributed by atoms with Gasteiger partial charge in [-0.1, -0.05) is 6.58 Å². The lowest BCUT2D eigenvalue weighted by molar-refractivity contribution is -0.269. The van der Waals surface area contributed by atoms with Crippen LogP contribution in [0.15, 0.2) is 30.4 Å². The fraction of sp³-hybridized carbons (Fsp3) is 0.593. The maximum Gasteiger partial charge on any atom is 0.432 e. The van der Waals surface area contributed by atoms with Gasteiger partial charge in [-0.05, 0) is 91.7 Å². The third kappa shape index (κ3) is 6.98. The summed E-state index contributed by atoms with van der Waals surface area (Å²) in [7, 11) is -6.60. The van der Waals surface area contributed by atoms with Gasteiger partial charge >= 0.3 is 39.5 Å². The van der Waals surface area contributed by atoms with Crippen molar-refractivity contribution in [2.24, 2.45) is 17.3 Å². The number of halogens is 6. The highest BCUT2D eigenvalue weighted by atomic mass is 127. The van der Waals surface area contributed by atoms with E-state index in [-0.39, 0.29) is 68.3 Å². The summed E-state index contributed by atoms with van der Waals surface area (Å²) in [4.78, 5) is 37.9. The molecule has 4 fully saturated rings. The summed E-state index contributed by atoms with van der Waals surface area (Å²) in [6.07, 6.45) is -9.66. The zero-order valence-electron chi connectivity index (χ0n) is 23.1. The molecule has 1 N–H and O–H groups in total. The first kappa shape index (κ1) is 34.3. The molecule has 0 radical (unpaired) electrons. The topological polar surface area (TPSA) is 142 Å². The lowest BCUT2D eigenvalue weighted by atomic mass is 9.48. The Balaban J connectivity index is 1.48.